The van der Waals surface area contributed by atoms with Gasteiger partial charge in [-0.15, -0.1) is 0 Å². The number of ether oxygens (including phenoxy) is 2. The molecule has 2 aromatic carbocycles. The van der Waals surface area contributed by atoms with Crippen LogP contribution in [0.25, 0.3) is 0 Å². The fraction of sp³-hybridized carbons (Fsp3) is 0.464. The summed E-state index contributed by atoms with van der Waals surface area (Å²) in [6, 6.07) is 13.3. The highest BCUT2D eigenvalue weighted by molar-refractivity contribution is 6.04. The zero-order valence-electron chi connectivity index (χ0n) is 21.8. The molecule has 4 rings (SSSR count). The highest BCUT2D eigenvalue weighted by atomic mass is 16.5. The molecule has 37 heavy (non-hydrogen) atoms. The molecule has 2 N–H and O–H groups in total. The molecule has 2 aliphatic rings. The van der Waals surface area contributed by atoms with Crippen molar-refractivity contribution in [1.82, 2.24) is 15.2 Å². The van der Waals surface area contributed by atoms with E-state index in [0.717, 1.165) is 61.7 Å². The van der Waals surface area contributed by atoms with Crippen LogP contribution in [0.1, 0.15) is 43.7 Å². The van der Waals surface area contributed by atoms with Crippen molar-refractivity contribution in [2.75, 3.05) is 51.8 Å². The van der Waals surface area contributed by atoms with Crippen molar-refractivity contribution < 1.29 is 19.1 Å². The van der Waals surface area contributed by atoms with Gasteiger partial charge < -0.3 is 25.0 Å². The second-order valence-electron chi connectivity index (χ2n) is 9.30. The Morgan fingerprint density at radius 3 is 2.59 bits per heavy atom. The molecule has 0 aromatic heterocycles. The van der Waals surface area contributed by atoms with Gasteiger partial charge in [0.15, 0.2) is 11.5 Å². The first-order valence-corrected chi connectivity index (χ1v) is 13.1. The van der Waals surface area contributed by atoms with E-state index >= 15 is 0 Å². The minimum absolute atomic E-state index is 0.00788. The number of nitrogens with one attached hydrogen (secondary N) is 2. The molecule has 2 aromatic rings. The molecule has 9 nitrogen and oxygen atoms in total. The largest absolute Gasteiger partial charge is 0.493 e. The summed E-state index contributed by atoms with van der Waals surface area (Å²) in [6.07, 6.45) is 2.35. The molecule has 1 fully saturated rings. The van der Waals surface area contributed by atoms with Gasteiger partial charge in [0.2, 0.25) is 11.8 Å². The van der Waals surface area contributed by atoms with Gasteiger partial charge in [0, 0.05) is 63.2 Å². The van der Waals surface area contributed by atoms with Gasteiger partial charge in [0.05, 0.1) is 26.0 Å². The Labute approximate surface area is 218 Å². The Bertz CT molecular complexity index is 1100. The summed E-state index contributed by atoms with van der Waals surface area (Å²) >= 11 is 0. The number of nitrogens with zero attached hydrogens (tertiary/aromatic N) is 3. The molecule has 2 amide bonds. The standard InChI is InChI=1S/C28H37N5O4/c1-3-18-37-26-19-22(6-10-25(26)36-2)24-9-11-28(35)33(31-24)20-21-4-7-23(8-5-21)30-27(34)12-15-32-16-13-29-14-17-32/h4-8,10,19,29H,3,9,11-18,20H2,1-2H3,(H,30,34). The number of carbonyl (C=O) groups excluding carboxylic acids is 2. The van der Waals surface area contributed by atoms with Crippen LogP contribution in [0.5, 0.6) is 11.5 Å². The molecule has 2 aliphatic heterocycles. The van der Waals surface area contributed by atoms with Gasteiger partial charge in [-0.25, -0.2) is 5.01 Å². The first-order chi connectivity index (χ1) is 18.1. The minimum atomic E-state index is -0.00925. The Balaban J connectivity index is 1.36. The summed E-state index contributed by atoms with van der Waals surface area (Å²) in [5, 5.41) is 12.5. The van der Waals surface area contributed by atoms with Crippen LogP contribution in [0.4, 0.5) is 5.69 Å². The lowest BCUT2D eigenvalue weighted by molar-refractivity contribution is -0.132. The van der Waals surface area contributed by atoms with Crippen LogP contribution in [0.3, 0.4) is 0 Å². The number of hydrogen-bond donors (Lipinski definition) is 2. The van der Waals surface area contributed by atoms with E-state index in [2.05, 4.69) is 27.6 Å². The van der Waals surface area contributed by atoms with E-state index in [0.29, 0.717) is 43.9 Å². The molecule has 0 aliphatic carbocycles. The molecule has 0 unspecified atom stereocenters. The zero-order chi connectivity index (χ0) is 26.0. The van der Waals surface area contributed by atoms with Crippen molar-refractivity contribution in [2.45, 2.75) is 39.2 Å². The summed E-state index contributed by atoms with van der Waals surface area (Å²) < 4.78 is 11.3. The Morgan fingerprint density at radius 2 is 1.86 bits per heavy atom. The number of rotatable bonds is 11. The molecule has 0 bridgehead atoms. The van der Waals surface area contributed by atoms with Gasteiger partial charge in [0.1, 0.15) is 0 Å². The van der Waals surface area contributed by atoms with E-state index in [1.807, 2.05) is 42.5 Å². The van der Waals surface area contributed by atoms with E-state index in [-0.39, 0.29) is 11.8 Å². The quantitative estimate of drug-likeness (QED) is 0.485. The number of hydrazone groups is 1. The number of amides is 2. The number of piperazine rings is 1. The molecular weight excluding hydrogens is 470 g/mol. The number of methoxy groups -OCH3 is 1. The van der Waals surface area contributed by atoms with E-state index in [1.165, 1.54) is 5.01 Å². The van der Waals surface area contributed by atoms with Crippen LogP contribution in [0.2, 0.25) is 0 Å². The number of anilines is 1. The monoisotopic (exact) mass is 507 g/mol. The molecular formula is C28H37N5O4. The molecule has 1 saturated heterocycles. The highest BCUT2D eigenvalue weighted by Gasteiger charge is 2.22. The van der Waals surface area contributed by atoms with Crippen molar-refractivity contribution in [3.63, 3.8) is 0 Å². The third-order valence-electron chi connectivity index (χ3n) is 6.50. The third-order valence-corrected chi connectivity index (χ3v) is 6.50. The lowest BCUT2D eigenvalue weighted by atomic mass is 10.0. The number of hydrogen-bond acceptors (Lipinski definition) is 7. The summed E-state index contributed by atoms with van der Waals surface area (Å²) in [6.45, 7) is 7.70. The van der Waals surface area contributed by atoms with Gasteiger partial charge in [-0.05, 0) is 42.3 Å². The van der Waals surface area contributed by atoms with Gasteiger partial charge in [-0.3, -0.25) is 9.59 Å². The number of carbonyl (C=O) groups is 2. The molecule has 0 saturated carbocycles. The van der Waals surface area contributed by atoms with Crippen LogP contribution in [0.15, 0.2) is 47.6 Å². The summed E-state index contributed by atoms with van der Waals surface area (Å²) in [7, 11) is 1.62. The molecule has 0 radical (unpaired) electrons. The van der Waals surface area contributed by atoms with Crippen molar-refractivity contribution >= 4 is 23.2 Å². The Hall–Kier alpha value is -3.43. The van der Waals surface area contributed by atoms with Gasteiger partial charge in [0.25, 0.3) is 0 Å². The maximum Gasteiger partial charge on any atom is 0.243 e. The van der Waals surface area contributed by atoms with Crippen LogP contribution in [-0.2, 0) is 16.1 Å². The minimum Gasteiger partial charge on any atom is -0.493 e. The maximum absolute atomic E-state index is 12.6. The molecule has 2 heterocycles. The summed E-state index contributed by atoms with van der Waals surface area (Å²) in [5.74, 6) is 1.36. The van der Waals surface area contributed by atoms with E-state index < -0.39 is 0 Å². The normalized spacial score (nSPS) is 16.3. The lowest BCUT2D eigenvalue weighted by Gasteiger charge is -2.26. The van der Waals surface area contributed by atoms with Crippen molar-refractivity contribution in [3.05, 3.63) is 53.6 Å². The second kappa shape index (κ2) is 13.2. The highest BCUT2D eigenvalue weighted by Crippen LogP contribution is 2.30. The second-order valence-corrected chi connectivity index (χ2v) is 9.30. The Morgan fingerprint density at radius 1 is 1.08 bits per heavy atom. The molecule has 9 heteroatoms. The van der Waals surface area contributed by atoms with E-state index in [9.17, 15) is 9.59 Å². The van der Waals surface area contributed by atoms with Crippen molar-refractivity contribution in [3.8, 4) is 11.5 Å². The number of benzene rings is 2. The summed E-state index contributed by atoms with van der Waals surface area (Å²) in [4.78, 5) is 27.3. The van der Waals surface area contributed by atoms with E-state index in [1.54, 1.807) is 7.11 Å². The average molecular weight is 508 g/mol. The third kappa shape index (κ3) is 7.53. The van der Waals surface area contributed by atoms with E-state index in [4.69, 9.17) is 9.47 Å². The summed E-state index contributed by atoms with van der Waals surface area (Å²) in [5.41, 5.74) is 3.46. The first kappa shape index (κ1) is 26.6. The average Bonchev–Trinajstić information content (AvgIpc) is 2.93. The smallest absolute Gasteiger partial charge is 0.243 e. The topological polar surface area (TPSA) is 95.5 Å². The van der Waals surface area contributed by atoms with Crippen LogP contribution < -0.4 is 20.1 Å². The molecule has 198 valence electrons. The van der Waals surface area contributed by atoms with Gasteiger partial charge >= 0.3 is 0 Å². The predicted molar refractivity (Wildman–Crippen MR) is 144 cm³/mol. The zero-order valence-corrected chi connectivity index (χ0v) is 21.8. The van der Waals surface area contributed by atoms with Crippen molar-refractivity contribution in [2.24, 2.45) is 5.10 Å². The van der Waals surface area contributed by atoms with Gasteiger partial charge in [-0.2, -0.15) is 5.10 Å². The van der Waals surface area contributed by atoms with Crippen LogP contribution >= 0.6 is 0 Å². The molecule has 0 spiro atoms. The molecule has 0 atom stereocenters. The predicted octanol–water partition coefficient (Wildman–Crippen LogP) is 3.24. The Kier molecular flexibility index (Phi) is 9.51. The fourth-order valence-corrected chi connectivity index (χ4v) is 4.40. The van der Waals surface area contributed by atoms with Crippen LogP contribution in [0, 0.1) is 0 Å². The SMILES string of the molecule is CCCOc1cc(C2=NN(Cc3ccc(NC(=O)CCN4CCNCC4)cc3)C(=O)CC2)ccc1OC. The van der Waals surface area contributed by atoms with Crippen LogP contribution in [-0.4, -0.2) is 73.9 Å². The lowest BCUT2D eigenvalue weighted by Crippen LogP contribution is -2.44. The first-order valence-electron chi connectivity index (χ1n) is 13.1. The van der Waals surface area contributed by atoms with Crippen molar-refractivity contribution in [1.29, 1.82) is 0 Å². The fourth-order valence-electron chi connectivity index (χ4n) is 4.40. The van der Waals surface area contributed by atoms with Gasteiger partial charge in [-0.1, -0.05) is 19.1 Å². The maximum atomic E-state index is 12.6.